The smallest absolute Gasteiger partial charge is 0.235 e. The molecule has 0 saturated carbocycles. The van der Waals surface area contributed by atoms with Crippen LogP contribution < -0.4 is 0 Å². The zero-order valence-corrected chi connectivity index (χ0v) is 12.4. The highest BCUT2D eigenvalue weighted by atomic mass is 32.2. The highest BCUT2D eigenvalue weighted by Gasteiger charge is 2.20. The molecule has 2 heterocycles. The van der Waals surface area contributed by atoms with E-state index in [1.165, 1.54) is 11.8 Å². The highest BCUT2D eigenvalue weighted by Crippen LogP contribution is 2.24. The SMILES string of the molecule is CCN(CC)C(=O)C(C)Sc1ncc2ccccn12. The number of hydrogen-bond donors (Lipinski definition) is 0. The lowest BCUT2D eigenvalue weighted by Crippen LogP contribution is -2.36. The molecule has 0 radical (unpaired) electrons. The van der Waals surface area contributed by atoms with Crippen molar-refractivity contribution in [3.63, 3.8) is 0 Å². The van der Waals surface area contributed by atoms with Crippen molar-refractivity contribution >= 4 is 23.2 Å². The Hall–Kier alpha value is -1.49. The summed E-state index contributed by atoms with van der Waals surface area (Å²) in [4.78, 5) is 18.5. The van der Waals surface area contributed by atoms with Crippen molar-refractivity contribution < 1.29 is 4.79 Å². The van der Waals surface area contributed by atoms with Gasteiger partial charge in [-0.3, -0.25) is 9.20 Å². The molecule has 102 valence electrons. The van der Waals surface area contributed by atoms with E-state index in [1.807, 2.05) is 60.7 Å². The fourth-order valence-electron chi connectivity index (χ4n) is 2.01. The van der Waals surface area contributed by atoms with Crippen molar-refractivity contribution in [1.29, 1.82) is 0 Å². The molecule has 0 aliphatic heterocycles. The quantitative estimate of drug-likeness (QED) is 0.789. The van der Waals surface area contributed by atoms with Crippen molar-refractivity contribution in [3.8, 4) is 0 Å². The van der Waals surface area contributed by atoms with Crippen LogP contribution in [0, 0.1) is 0 Å². The molecule has 0 aliphatic carbocycles. The summed E-state index contributed by atoms with van der Waals surface area (Å²) in [6.07, 6.45) is 3.80. The molecule has 1 unspecified atom stereocenters. The van der Waals surface area contributed by atoms with Crippen LogP contribution in [0.2, 0.25) is 0 Å². The van der Waals surface area contributed by atoms with Gasteiger partial charge in [0.1, 0.15) is 0 Å². The van der Waals surface area contributed by atoms with Crippen LogP contribution in [-0.4, -0.2) is 38.5 Å². The van der Waals surface area contributed by atoms with Crippen molar-refractivity contribution in [2.45, 2.75) is 31.2 Å². The van der Waals surface area contributed by atoms with Crippen molar-refractivity contribution in [2.75, 3.05) is 13.1 Å². The normalized spacial score (nSPS) is 12.6. The Morgan fingerprint density at radius 2 is 2.16 bits per heavy atom. The molecule has 0 fully saturated rings. The van der Waals surface area contributed by atoms with Crippen molar-refractivity contribution in [2.24, 2.45) is 0 Å². The Labute approximate surface area is 117 Å². The molecule has 2 rings (SSSR count). The average molecular weight is 277 g/mol. The molecule has 19 heavy (non-hydrogen) atoms. The van der Waals surface area contributed by atoms with E-state index in [4.69, 9.17) is 0 Å². The summed E-state index contributed by atoms with van der Waals surface area (Å²) < 4.78 is 2.01. The Morgan fingerprint density at radius 1 is 1.42 bits per heavy atom. The summed E-state index contributed by atoms with van der Waals surface area (Å²) in [5.74, 6) is 0.169. The minimum atomic E-state index is -0.120. The van der Waals surface area contributed by atoms with Crippen LogP contribution in [-0.2, 0) is 4.79 Å². The summed E-state index contributed by atoms with van der Waals surface area (Å²) in [5, 5.41) is 0.745. The van der Waals surface area contributed by atoms with Gasteiger partial charge in [-0.05, 0) is 32.9 Å². The molecule has 0 N–H and O–H groups in total. The molecule has 2 aromatic heterocycles. The molecule has 1 amide bonds. The lowest BCUT2D eigenvalue weighted by atomic mass is 10.4. The summed E-state index contributed by atoms with van der Waals surface area (Å²) in [6.45, 7) is 7.45. The molecular formula is C14H19N3OS. The standard InChI is InChI=1S/C14H19N3OS/c1-4-16(5-2)13(18)11(3)19-14-15-10-12-8-6-7-9-17(12)14/h6-11H,4-5H2,1-3H3. The van der Waals surface area contributed by atoms with Crippen molar-refractivity contribution in [1.82, 2.24) is 14.3 Å². The van der Waals surface area contributed by atoms with Gasteiger partial charge in [-0.1, -0.05) is 17.8 Å². The van der Waals surface area contributed by atoms with E-state index in [2.05, 4.69) is 4.98 Å². The number of pyridine rings is 1. The van der Waals surface area contributed by atoms with E-state index < -0.39 is 0 Å². The molecule has 4 nitrogen and oxygen atoms in total. The lowest BCUT2D eigenvalue weighted by Gasteiger charge is -2.22. The van der Waals surface area contributed by atoms with E-state index >= 15 is 0 Å². The predicted molar refractivity (Wildman–Crippen MR) is 78.4 cm³/mol. The number of aromatic nitrogens is 2. The highest BCUT2D eigenvalue weighted by molar-refractivity contribution is 8.00. The number of hydrogen-bond acceptors (Lipinski definition) is 3. The lowest BCUT2D eigenvalue weighted by molar-refractivity contribution is -0.129. The van der Waals surface area contributed by atoms with Crippen LogP contribution in [0.4, 0.5) is 0 Å². The maximum absolute atomic E-state index is 12.2. The fourth-order valence-corrected chi connectivity index (χ4v) is 2.97. The maximum atomic E-state index is 12.2. The van der Waals surface area contributed by atoms with Gasteiger partial charge >= 0.3 is 0 Å². The van der Waals surface area contributed by atoms with E-state index in [-0.39, 0.29) is 11.2 Å². The minimum Gasteiger partial charge on any atom is -0.342 e. The van der Waals surface area contributed by atoms with E-state index in [9.17, 15) is 4.79 Å². The first-order valence-corrected chi connectivity index (χ1v) is 7.42. The van der Waals surface area contributed by atoms with Crippen LogP contribution in [0.15, 0.2) is 35.7 Å². The Morgan fingerprint density at radius 3 is 2.84 bits per heavy atom. The molecule has 0 aliphatic rings. The molecule has 1 atom stereocenters. The molecular weight excluding hydrogens is 258 g/mol. The number of nitrogens with zero attached hydrogens (tertiary/aromatic N) is 3. The Balaban J connectivity index is 2.14. The third-order valence-corrected chi connectivity index (χ3v) is 4.18. The van der Waals surface area contributed by atoms with Gasteiger partial charge in [-0.15, -0.1) is 0 Å². The summed E-state index contributed by atoms with van der Waals surface area (Å²) in [7, 11) is 0. The maximum Gasteiger partial charge on any atom is 0.235 e. The fraction of sp³-hybridized carbons (Fsp3) is 0.429. The van der Waals surface area contributed by atoms with Crippen molar-refractivity contribution in [3.05, 3.63) is 30.6 Å². The third kappa shape index (κ3) is 2.92. The molecule has 2 aromatic rings. The van der Waals surface area contributed by atoms with Gasteiger partial charge in [0.15, 0.2) is 5.16 Å². The second kappa shape index (κ2) is 6.10. The monoisotopic (exact) mass is 277 g/mol. The number of imidazole rings is 1. The van der Waals surface area contributed by atoms with Gasteiger partial charge in [-0.2, -0.15) is 0 Å². The third-order valence-electron chi connectivity index (χ3n) is 3.11. The number of carbonyl (C=O) groups excluding carboxylic acids is 1. The molecule has 0 spiro atoms. The van der Waals surface area contributed by atoms with E-state index in [1.54, 1.807) is 0 Å². The van der Waals surface area contributed by atoms with Gasteiger partial charge in [0.05, 0.1) is 17.0 Å². The van der Waals surface area contributed by atoms with Crippen LogP contribution >= 0.6 is 11.8 Å². The zero-order valence-electron chi connectivity index (χ0n) is 11.5. The number of carbonyl (C=O) groups is 1. The van der Waals surface area contributed by atoms with Gasteiger partial charge in [0.2, 0.25) is 5.91 Å². The number of amides is 1. The average Bonchev–Trinajstić information content (AvgIpc) is 2.83. The van der Waals surface area contributed by atoms with Gasteiger partial charge in [-0.25, -0.2) is 4.98 Å². The summed E-state index contributed by atoms with van der Waals surface area (Å²) >= 11 is 1.51. The van der Waals surface area contributed by atoms with Crippen LogP contribution in [0.1, 0.15) is 20.8 Å². The van der Waals surface area contributed by atoms with Gasteiger partial charge < -0.3 is 4.90 Å². The number of fused-ring (bicyclic) bond motifs is 1. The van der Waals surface area contributed by atoms with E-state index in [0.29, 0.717) is 0 Å². The van der Waals surface area contributed by atoms with Gasteiger partial charge in [0, 0.05) is 19.3 Å². The second-order valence-corrected chi connectivity index (χ2v) is 5.61. The molecule has 0 saturated heterocycles. The summed E-state index contributed by atoms with van der Waals surface area (Å²) in [6, 6.07) is 5.96. The zero-order chi connectivity index (χ0) is 13.8. The van der Waals surface area contributed by atoms with Gasteiger partial charge in [0.25, 0.3) is 0 Å². The second-order valence-electron chi connectivity index (χ2n) is 4.31. The first kappa shape index (κ1) is 13.9. The number of rotatable bonds is 5. The number of thioether (sulfide) groups is 1. The van der Waals surface area contributed by atoms with E-state index in [0.717, 1.165) is 23.8 Å². The Kier molecular flexibility index (Phi) is 4.47. The largest absolute Gasteiger partial charge is 0.342 e. The summed E-state index contributed by atoms with van der Waals surface area (Å²) in [5.41, 5.74) is 1.05. The van der Waals surface area contributed by atoms with Crippen LogP contribution in [0.5, 0.6) is 0 Å². The minimum absolute atomic E-state index is 0.120. The molecule has 5 heteroatoms. The molecule has 0 aromatic carbocycles. The topological polar surface area (TPSA) is 37.6 Å². The predicted octanol–water partition coefficient (Wildman–Crippen LogP) is 2.68. The van der Waals surface area contributed by atoms with Crippen LogP contribution in [0.25, 0.3) is 5.52 Å². The first-order chi connectivity index (χ1) is 9.17. The molecule has 0 bridgehead atoms. The van der Waals surface area contributed by atoms with Crippen LogP contribution in [0.3, 0.4) is 0 Å². The Bertz CT molecular complexity index is 563. The first-order valence-electron chi connectivity index (χ1n) is 6.54.